The second-order valence-electron chi connectivity index (χ2n) is 4.73. The van der Waals surface area contributed by atoms with E-state index < -0.39 is 18.5 Å². The summed E-state index contributed by atoms with van der Waals surface area (Å²) in [4.78, 5) is 3.56. The lowest BCUT2D eigenvalue weighted by molar-refractivity contribution is -0.142. The van der Waals surface area contributed by atoms with Gasteiger partial charge in [0, 0.05) is 0 Å². The average molecular weight is 259 g/mol. The summed E-state index contributed by atoms with van der Waals surface area (Å²) >= 11 is 0. The molecule has 0 bridgehead atoms. The number of aromatic nitrogens is 1. The van der Waals surface area contributed by atoms with E-state index in [0.29, 0.717) is 5.56 Å². The number of aliphatic hydroxyl groups is 1. The van der Waals surface area contributed by atoms with Crippen LogP contribution in [0, 0.1) is 0 Å². The highest BCUT2D eigenvalue weighted by Gasteiger charge is 2.37. The first-order chi connectivity index (χ1) is 8.52. The lowest BCUT2D eigenvalue weighted by Gasteiger charge is -2.24. The minimum atomic E-state index is -4.45. The number of hydrogen-bond donors (Lipinski definition) is 1. The van der Waals surface area contributed by atoms with Crippen molar-refractivity contribution in [2.24, 2.45) is 0 Å². The zero-order chi connectivity index (χ0) is 13.2. The monoisotopic (exact) mass is 259 g/mol. The van der Waals surface area contributed by atoms with Gasteiger partial charge in [-0.15, -0.1) is 0 Å². The maximum absolute atomic E-state index is 13.0. The molecule has 18 heavy (non-hydrogen) atoms. The zero-order valence-electron chi connectivity index (χ0n) is 10.0. The third kappa shape index (κ3) is 2.83. The lowest BCUT2D eigenvalue weighted by atomic mass is 9.83. The van der Waals surface area contributed by atoms with E-state index in [9.17, 15) is 13.2 Å². The van der Waals surface area contributed by atoms with Gasteiger partial charge in [-0.2, -0.15) is 13.2 Å². The molecule has 0 unspecified atom stereocenters. The molecule has 0 aromatic carbocycles. The maximum atomic E-state index is 13.0. The number of nitrogens with zero attached hydrogens (tertiary/aromatic N) is 1. The van der Waals surface area contributed by atoms with Gasteiger partial charge in [0.2, 0.25) is 0 Å². The SMILES string of the molecule is OCc1ccc(C2CCCCC2)c(C(F)(F)F)n1. The lowest BCUT2D eigenvalue weighted by Crippen LogP contribution is -2.17. The van der Waals surface area contributed by atoms with Gasteiger partial charge >= 0.3 is 6.18 Å². The average Bonchev–Trinajstić information content (AvgIpc) is 2.38. The molecule has 1 aromatic heterocycles. The van der Waals surface area contributed by atoms with E-state index in [-0.39, 0.29) is 11.6 Å². The molecule has 1 fully saturated rings. The first-order valence-corrected chi connectivity index (χ1v) is 6.20. The van der Waals surface area contributed by atoms with Crippen LogP contribution in [0.15, 0.2) is 12.1 Å². The summed E-state index contributed by atoms with van der Waals surface area (Å²) in [5.74, 6) is -0.0457. The minimum Gasteiger partial charge on any atom is -0.390 e. The number of aliphatic hydroxyl groups excluding tert-OH is 1. The van der Waals surface area contributed by atoms with Gasteiger partial charge < -0.3 is 5.11 Å². The van der Waals surface area contributed by atoms with Crippen molar-refractivity contribution in [2.75, 3.05) is 0 Å². The molecule has 1 aliphatic carbocycles. The third-order valence-electron chi connectivity index (χ3n) is 3.46. The van der Waals surface area contributed by atoms with Crippen LogP contribution in [0.3, 0.4) is 0 Å². The van der Waals surface area contributed by atoms with Crippen LogP contribution in [0.25, 0.3) is 0 Å². The van der Waals surface area contributed by atoms with Gasteiger partial charge in [-0.25, -0.2) is 4.98 Å². The Labute approximate surface area is 104 Å². The fourth-order valence-corrected chi connectivity index (χ4v) is 2.57. The Morgan fingerprint density at radius 1 is 1.17 bits per heavy atom. The van der Waals surface area contributed by atoms with Gasteiger partial charge in [0.05, 0.1) is 12.3 Å². The van der Waals surface area contributed by atoms with Crippen LogP contribution in [0.5, 0.6) is 0 Å². The normalized spacial score (nSPS) is 18.0. The molecule has 5 heteroatoms. The summed E-state index contributed by atoms with van der Waals surface area (Å²) in [5, 5.41) is 8.90. The highest BCUT2D eigenvalue weighted by Crippen LogP contribution is 2.39. The third-order valence-corrected chi connectivity index (χ3v) is 3.46. The summed E-state index contributed by atoms with van der Waals surface area (Å²) in [7, 11) is 0. The van der Waals surface area contributed by atoms with Gasteiger partial charge in [-0.1, -0.05) is 25.3 Å². The number of pyridine rings is 1. The van der Waals surface area contributed by atoms with Crippen molar-refractivity contribution in [1.29, 1.82) is 0 Å². The van der Waals surface area contributed by atoms with Gasteiger partial charge in [0.1, 0.15) is 5.69 Å². The summed E-state index contributed by atoms with van der Waals surface area (Å²) in [6, 6.07) is 2.97. The number of alkyl halides is 3. The summed E-state index contributed by atoms with van der Waals surface area (Å²) in [5.41, 5.74) is -0.456. The van der Waals surface area contributed by atoms with E-state index in [0.717, 1.165) is 32.1 Å². The molecule has 1 N–H and O–H groups in total. The Morgan fingerprint density at radius 2 is 1.83 bits per heavy atom. The van der Waals surface area contributed by atoms with Crippen molar-refractivity contribution in [1.82, 2.24) is 4.98 Å². The van der Waals surface area contributed by atoms with E-state index in [2.05, 4.69) is 4.98 Å². The molecular formula is C13H16F3NO. The molecule has 1 aromatic rings. The molecule has 1 saturated carbocycles. The number of rotatable bonds is 2. The molecule has 2 rings (SSSR count). The molecule has 0 aliphatic heterocycles. The second kappa shape index (κ2) is 5.26. The van der Waals surface area contributed by atoms with Gasteiger partial charge in [-0.05, 0) is 30.4 Å². The Balaban J connectivity index is 2.38. The predicted octanol–water partition coefficient (Wildman–Crippen LogP) is 3.64. The topological polar surface area (TPSA) is 33.1 Å². The quantitative estimate of drug-likeness (QED) is 0.879. The van der Waals surface area contributed by atoms with Crippen LogP contribution in [0.2, 0.25) is 0 Å². The molecule has 100 valence electrons. The molecule has 1 aliphatic rings. The molecule has 0 amide bonds. The van der Waals surface area contributed by atoms with Crippen molar-refractivity contribution in [2.45, 2.75) is 50.8 Å². The molecule has 0 atom stereocenters. The minimum absolute atomic E-state index is 0.0457. The molecule has 0 saturated heterocycles. The van der Waals surface area contributed by atoms with E-state index in [1.165, 1.54) is 12.1 Å². The smallest absolute Gasteiger partial charge is 0.390 e. The van der Waals surface area contributed by atoms with Crippen LogP contribution >= 0.6 is 0 Å². The van der Waals surface area contributed by atoms with Crippen molar-refractivity contribution in [3.05, 3.63) is 29.1 Å². The molecule has 0 spiro atoms. The molecule has 1 heterocycles. The van der Waals surface area contributed by atoms with Crippen LogP contribution in [-0.4, -0.2) is 10.1 Å². The number of halogens is 3. The van der Waals surface area contributed by atoms with Crippen LogP contribution in [-0.2, 0) is 12.8 Å². The van der Waals surface area contributed by atoms with E-state index in [1.54, 1.807) is 0 Å². The Kier molecular flexibility index (Phi) is 3.90. The fraction of sp³-hybridized carbons (Fsp3) is 0.615. The fourth-order valence-electron chi connectivity index (χ4n) is 2.57. The van der Waals surface area contributed by atoms with Crippen molar-refractivity contribution in [3.8, 4) is 0 Å². The highest BCUT2D eigenvalue weighted by atomic mass is 19.4. The molecular weight excluding hydrogens is 243 g/mol. The van der Waals surface area contributed by atoms with Crippen molar-refractivity contribution < 1.29 is 18.3 Å². The predicted molar refractivity (Wildman–Crippen MR) is 61.0 cm³/mol. The Morgan fingerprint density at radius 3 is 2.39 bits per heavy atom. The van der Waals surface area contributed by atoms with E-state index in [4.69, 9.17) is 5.11 Å². The van der Waals surface area contributed by atoms with Crippen LogP contribution < -0.4 is 0 Å². The van der Waals surface area contributed by atoms with Crippen molar-refractivity contribution in [3.63, 3.8) is 0 Å². The summed E-state index contributed by atoms with van der Waals surface area (Å²) in [6.45, 7) is -0.464. The van der Waals surface area contributed by atoms with Gasteiger partial charge in [0.25, 0.3) is 0 Å². The Bertz CT molecular complexity index is 411. The van der Waals surface area contributed by atoms with Gasteiger partial charge in [-0.3, -0.25) is 0 Å². The largest absolute Gasteiger partial charge is 0.433 e. The first-order valence-electron chi connectivity index (χ1n) is 6.20. The first kappa shape index (κ1) is 13.3. The number of hydrogen-bond acceptors (Lipinski definition) is 2. The highest BCUT2D eigenvalue weighted by molar-refractivity contribution is 5.29. The molecule has 2 nitrogen and oxygen atoms in total. The van der Waals surface area contributed by atoms with Crippen molar-refractivity contribution >= 4 is 0 Å². The molecule has 0 radical (unpaired) electrons. The maximum Gasteiger partial charge on any atom is 0.433 e. The van der Waals surface area contributed by atoms with Gasteiger partial charge in [0.15, 0.2) is 0 Å². The Hall–Kier alpha value is -1.10. The summed E-state index contributed by atoms with van der Waals surface area (Å²) < 4.78 is 38.9. The summed E-state index contributed by atoms with van der Waals surface area (Å²) in [6.07, 6.45) is 0.192. The van der Waals surface area contributed by atoms with Crippen LogP contribution in [0.1, 0.15) is 55.0 Å². The van der Waals surface area contributed by atoms with Crippen LogP contribution in [0.4, 0.5) is 13.2 Å². The second-order valence-corrected chi connectivity index (χ2v) is 4.73. The van der Waals surface area contributed by atoms with E-state index >= 15 is 0 Å². The van der Waals surface area contributed by atoms with E-state index in [1.807, 2.05) is 0 Å². The zero-order valence-corrected chi connectivity index (χ0v) is 10.0. The standard InChI is InChI=1S/C13H16F3NO/c14-13(15,16)12-11(7-6-10(8-18)17-12)9-4-2-1-3-5-9/h6-7,9,18H,1-5,8H2.